The molecule has 1 atom stereocenters. The second-order valence-electron chi connectivity index (χ2n) is 4.91. The van der Waals surface area contributed by atoms with E-state index in [0.717, 1.165) is 18.4 Å². The Bertz CT molecular complexity index is 615. The molecule has 0 saturated heterocycles. The number of fused-ring (bicyclic) bond motifs is 1. The van der Waals surface area contributed by atoms with Crippen molar-refractivity contribution in [3.05, 3.63) is 65.2 Å². The summed E-state index contributed by atoms with van der Waals surface area (Å²) in [7, 11) is 0. The van der Waals surface area contributed by atoms with Crippen LogP contribution in [0.25, 0.3) is 0 Å². The molecule has 104 valence electrons. The van der Waals surface area contributed by atoms with E-state index in [1.54, 1.807) is 0 Å². The van der Waals surface area contributed by atoms with E-state index in [1.807, 2.05) is 11.8 Å². The normalized spacial score (nSPS) is 17.2. The summed E-state index contributed by atoms with van der Waals surface area (Å²) in [5, 5.41) is 3.27. The molecule has 0 saturated carbocycles. The molecule has 1 unspecified atom stereocenters. The number of hydrogen-bond acceptors (Lipinski definition) is 2. The summed E-state index contributed by atoms with van der Waals surface area (Å²) >= 11 is 1.86. The fourth-order valence-electron chi connectivity index (χ4n) is 2.44. The van der Waals surface area contributed by atoms with Crippen LogP contribution in [0.1, 0.15) is 17.0 Å². The number of hydrogen-bond donors (Lipinski definition) is 1. The summed E-state index contributed by atoms with van der Waals surface area (Å²) in [6.07, 6.45) is 0. The van der Waals surface area contributed by atoms with Gasteiger partial charge in [0.1, 0.15) is 11.6 Å². The molecule has 20 heavy (non-hydrogen) atoms. The van der Waals surface area contributed by atoms with Gasteiger partial charge in [0.05, 0.1) is 0 Å². The maximum absolute atomic E-state index is 13.5. The highest BCUT2D eigenvalue weighted by atomic mass is 32.2. The number of thioether (sulfide) groups is 1. The number of rotatable bonds is 4. The minimum absolute atomic E-state index is 0.426. The Hall–Kier alpha value is -1.39. The van der Waals surface area contributed by atoms with Crippen molar-refractivity contribution in [3.8, 4) is 0 Å². The van der Waals surface area contributed by atoms with Crippen molar-refractivity contribution in [1.82, 2.24) is 5.32 Å². The van der Waals surface area contributed by atoms with Crippen LogP contribution >= 0.6 is 11.8 Å². The first-order chi connectivity index (χ1) is 9.74. The maximum Gasteiger partial charge on any atom is 0.130 e. The maximum atomic E-state index is 13.5. The molecule has 0 bridgehead atoms. The van der Waals surface area contributed by atoms with Crippen LogP contribution in [-0.2, 0) is 6.54 Å². The third-order valence-electron chi connectivity index (χ3n) is 3.52. The third-order valence-corrected chi connectivity index (χ3v) is 4.77. The molecule has 3 rings (SSSR count). The van der Waals surface area contributed by atoms with Crippen molar-refractivity contribution >= 4 is 11.8 Å². The molecule has 1 heterocycles. The first-order valence-corrected chi connectivity index (χ1v) is 7.59. The Balaban J connectivity index is 1.59. The Morgan fingerprint density at radius 1 is 1.15 bits per heavy atom. The summed E-state index contributed by atoms with van der Waals surface area (Å²) in [4.78, 5) is 1.34. The molecule has 0 spiro atoms. The lowest BCUT2D eigenvalue weighted by Gasteiger charge is -2.12. The Kier molecular flexibility index (Phi) is 4.03. The standard InChI is InChI=1S/C16H15F2NS/c17-13-6-5-11(15(18)7-13)8-19-9-12-10-20-16-4-2-1-3-14(12)16/h1-7,12,19H,8-10H2. The first-order valence-electron chi connectivity index (χ1n) is 6.60. The predicted molar refractivity (Wildman–Crippen MR) is 78.0 cm³/mol. The summed E-state index contributed by atoms with van der Waals surface area (Å²) in [5.41, 5.74) is 1.87. The van der Waals surface area contributed by atoms with Crippen LogP contribution in [0.3, 0.4) is 0 Å². The van der Waals surface area contributed by atoms with E-state index in [4.69, 9.17) is 0 Å². The van der Waals surface area contributed by atoms with Crippen molar-refractivity contribution in [1.29, 1.82) is 0 Å². The van der Waals surface area contributed by atoms with E-state index < -0.39 is 11.6 Å². The van der Waals surface area contributed by atoms with E-state index in [1.165, 1.54) is 22.6 Å². The zero-order chi connectivity index (χ0) is 13.9. The van der Waals surface area contributed by atoms with Crippen molar-refractivity contribution in [2.24, 2.45) is 0 Å². The molecule has 1 aliphatic heterocycles. The second-order valence-corrected chi connectivity index (χ2v) is 5.97. The summed E-state index contributed by atoms with van der Waals surface area (Å²) in [6.45, 7) is 1.23. The van der Waals surface area contributed by atoms with Gasteiger partial charge in [-0.05, 0) is 17.7 Å². The molecule has 0 amide bonds. The van der Waals surface area contributed by atoms with Gasteiger partial charge in [-0.1, -0.05) is 24.3 Å². The lowest BCUT2D eigenvalue weighted by Crippen LogP contribution is -2.21. The van der Waals surface area contributed by atoms with Crippen molar-refractivity contribution < 1.29 is 8.78 Å². The smallest absolute Gasteiger partial charge is 0.130 e. The van der Waals surface area contributed by atoms with E-state index in [9.17, 15) is 8.78 Å². The molecule has 0 fully saturated rings. The number of halogens is 2. The minimum atomic E-state index is -0.535. The zero-order valence-corrected chi connectivity index (χ0v) is 11.7. The van der Waals surface area contributed by atoms with Gasteiger partial charge >= 0.3 is 0 Å². The molecule has 0 aliphatic carbocycles. The predicted octanol–water partition coefficient (Wildman–Crippen LogP) is 3.94. The van der Waals surface area contributed by atoms with Crippen molar-refractivity contribution in [3.63, 3.8) is 0 Å². The van der Waals surface area contributed by atoms with Gasteiger partial charge in [0.15, 0.2) is 0 Å². The van der Waals surface area contributed by atoms with E-state index >= 15 is 0 Å². The van der Waals surface area contributed by atoms with Gasteiger partial charge in [0.25, 0.3) is 0 Å². The van der Waals surface area contributed by atoms with Gasteiger partial charge in [-0.15, -0.1) is 11.8 Å². The van der Waals surface area contributed by atoms with E-state index in [0.29, 0.717) is 18.0 Å². The van der Waals surface area contributed by atoms with Crippen molar-refractivity contribution in [2.75, 3.05) is 12.3 Å². The summed E-state index contributed by atoms with van der Waals surface area (Å²) in [5.74, 6) is 0.490. The summed E-state index contributed by atoms with van der Waals surface area (Å²) in [6, 6.07) is 12.1. The Morgan fingerprint density at radius 2 is 2.00 bits per heavy atom. The third kappa shape index (κ3) is 2.86. The van der Waals surface area contributed by atoms with Crippen LogP contribution in [0.4, 0.5) is 8.78 Å². The molecule has 0 aromatic heterocycles. The average molecular weight is 291 g/mol. The van der Waals surface area contributed by atoms with Gasteiger partial charge < -0.3 is 5.32 Å². The number of benzene rings is 2. The monoisotopic (exact) mass is 291 g/mol. The average Bonchev–Trinajstić information content (AvgIpc) is 2.85. The van der Waals surface area contributed by atoms with Gasteiger partial charge in [-0.3, -0.25) is 0 Å². The fraction of sp³-hybridized carbons (Fsp3) is 0.250. The van der Waals surface area contributed by atoms with Crippen LogP contribution in [0.2, 0.25) is 0 Å². The van der Waals surface area contributed by atoms with E-state index in [-0.39, 0.29) is 0 Å². The van der Waals surface area contributed by atoms with Crippen LogP contribution < -0.4 is 5.32 Å². The Labute approximate surface area is 121 Å². The van der Waals surface area contributed by atoms with Crippen LogP contribution in [0, 0.1) is 11.6 Å². The highest BCUT2D eigenvalue weighted by molar-refractivity contribution is 7.99. The highest BCUT2D eigenvalue weighted by Crippen LogP contribution is 2.38. The van der Waals surface area contributed by atoms with Gasteiger partial charge in [-0.25, -0.2) is 8.78 Å². The fourth-order valence-corrected chi connectivity index (χ4v) is 3.70. The van der Waals surface area contributed by atoms with Gasteiger partial charge in [0.2, 0.25) is 0 Å². The Morgan fingerprint density at radius 3 is 2.85 bits per heavy atom. The molecular formula is C16H15F2NS. The largest absolute Gasteiger partial charge is 0.312 e. The molecule has 1 N–H and O–H groups in total. The quantitative estimate of drug-likeness (QED) is 0.915. The molecular weight excluding hydrogens is 276 g/mol. The SMILES string of the molecule is Fc1ccc(CNCC2CSc3ccccc32)c(F)c1. The van der Waals surface area contributed by atoms with Crippen molar-refractivity contribution in [2.45, 2.75) is 17.4 Å². The molecule has 4 heteroatoms. The topological polar surface area (TPSA) is 12.0 Å². The first kappa shape index (κ1) is 13.6. The lowest BCUT2D eigenvalue weighted by atomic mass is 10.0. The second kappa shape index (κ2) is 5.94. The van der Waals surface area contributed by atoms with Gasteiger partial charge in [-0.2, -0.15) is 0 Å². The zero-order valence-electron chi connectivity index (χ0n) is 10.9. The molecule has 0 radical (unpaired) electrons. The van der Waals surface area contributed by atoms with Crippen LogP contribution in [0.5, 0.6) is 0 Å². The summed E-state index contributed by atoms with van der Waals surface area (Å²) < 4.78 is 26.3. The minimum Gasteiger partial charge on any atom is -0.312 e. The van der Waals surface area contributed by atoms with Crippen LogP contribution in [0.15, 0.2) is 47.4 Å². The number of nitrogens with one attached hydrogen (secondary N) is 1. The molecule has 1 nitrogen and oxygen atoms in total. The molecule has 2 aromatic rings. The molecule has 1 aliphatic rings. The molecule has 2 aromatic carbocycles. The van der Waals surface area contributed by atoms with E-state index in [2.05, 4.69) is 29.6 Å². The highest BCUT2D eigenvalue weighted by Gasteiger charge is 2.22. The lowest BCUT2D eigenvalue weighted by molar-refractivity contribution is 0.553. The van der Waals surface area contributed by atoms with Crippen LogP contribution in [-0.4, -0.2) is 12.3 Å². The van der Waals surface area contributed by atoms with Gasteiger partial charge in [0, 0.05) is 41.3 Å².